The van der Waals surface area contributed by atoms with Crippen LogP contribution >= 0.6 is 0 Å². The fraction of sp³-hybridized carbons (Fsp3) is 0.833. The van der Waals surface area contributed by atoms with Crippen molar-refractivity contribution in [3.8, 4) is 0 Å². The number of nitrogens with zero attached hydrogens (tertiary/aromatic N) is 1. The zero-order valence-corrected chi connectivity index (χ0v) is 10.8. The number of aliphatic carboxylic acids is 2. The van der Waals surface area contributed by atoms with Gasteiger partial charge in [-0.1, -0.05) is 20.8 Å². The number of carboxylic acids is 2. The lowest BCUT2D eigenvalue weighted by atomic mass is 10.1. The zero-order valence-electron chi connectivity index (χ0n) is 10.8. The minimum Gasteiger partial charge on any atom is -0.481 e. The number of rotatable bonds is 9. The lowest BCUT2D eigenvalue weighted by molar-refractivity contribution is -0.141. The Labute approximate surface area is 102 Å². The monoisotopic (exact) mass is 245 g/mol. The Bertz CT molecular complexity index is 253. The smallest absolute Gasteiger partial charge is 0.307 e. The molecule has 5 nitrogen and oxygen atoms in total. The van der Waals surface area contributed by atoms with Gasteiger partial charge >= 0.3 is 11.9 Å². The fourth-order valence-corrected chi connectivity index (χ4v) is 1.45. The zero-order chi connectivity index (χ0) is 13.4. The van der Waals surface area contributed by atoms with Crippen molar-refractivity contribution in [1.82, 2.24) is 4.90 Å². The van der Waals surface area contributed by atoms with E-state index in [1.165, 1.54) is 0 Å². The summed E-state index contributed by atoms with van der Waals surface area (Å²) in [5.74, 6) is -1.61. The summed E-state index contributed by atoms with van der Waals surface area (Å²) in [6, 6.07) is 0. The Hall–Kier alpha value is -1.10. The molecule has 100 valence electrons. The average Bonchev–Trinajstić information content (AvgIpc) is 2.21. The Morgan fingerprint density at radius 2 is 1.71 bits per heavy atom. The van der Waals surface area contributed by atoms with Crippen LogP contribution in [0.25, 0.3) is 0 Å². The molecule has 0 bridgehead atoms. The van der Waals surface area contributed by atoms with Gasteiger partial charge in [0.15, 0.2) is 0 Å². The number of hydrogen-bond donors (Lipinski definition) is 2. The highest BCUT2D eigenvalue weighted by Crippen LogP contribution is 2.06. The van der Waals surface area contributed by atoms with Crippen molar-refractivity contribution in [3.05, 3.63) is 0 Å². The third-order valence-electron chi connectivity index (χ3n) is 2.62. The van der Waals surface area contributed by atoms with Crippen molar-refractivity contribution < 1.29 is 19.8 Å². The van der Waals surface area contributed by atoms with Crippen LogP contribution in [0.5, 0.6) is 0 Å². The van der Waals surface area contributed by atoms with Crippen LogP contribution < -0.4 is 0 Å². The molecule has 1 atom stereocenters. The van der Waals surface area contributed by atoms with E-state index >= 15 is 0 Å². The van der Waals surface area contributed by atoms with E-state index in [0.717, 1.165) is 13.0 Å². The van der Waals surface area contributed by atoms with Crippen LogP contribution in [-0.4, -0.2) is 46.7 Å². The Kier molecular flexibility index (Phi) is 7.54. The molecule has 17 heavy (non-hydrogen) atoms. The number of carboxylic acid groups (broad SMARTS) is 2. The molecular weight excluding hydrogens is 222 g/mol. The summed E-state index contributed by atoms with van der Waals surface area (Å²) >= 11 is 0. The van der Waals surface area contributed by atoms with Gasteiger partial charge in [-0.3, -0.25) is 9.59 Å². The lowest BCUT2D eigenvalue weighted by Gasteiger charge is -2.24. The third-order valence-corrected chi connectivity index (χ3v) is 2.62. The normalized spacial score (nSPS) is 13.0. The highest BCUT2D eigenvalue weighted by molar-refractivity contribution is 5.69. The topological polar surface area (TPSA) is 77.8 Å². The maximum absolute atomic E-state index is 10.8. The quantitative estimate of drug-likeness (QED) is 0.644. The largest absolute Gasteiger partial charge is 0.481 e. The fourth-order valence-electron chi connectivity index (χ4n) is 1.45. The first kappa shape index (κ1) is 15.9. The maximum Gasteiger partial charge on any atom is 0.307 e. The second kappa shape index (κ2) is 8.06. The lowest BCUT2D eigenvalue weighted by Crippen LogP contribution is -2.34. The van der Waals surface area contributed by atoms with Gasteiger partial charge in [-0.25, -0.2) is 0 Å². The van der Waals surface area contributed by atoms with Crippen molar-refractivity contribution in [3.63, 3.8) is 0 Å². The van der Waals surface area contributed by atoms with Gasteiger partial charge in [0.1, 0.15) is 0 Å². The first-order chi connectivity index (χ1) is 7.82. The van der Waals surface area contributed by atoms with Gasteiger partial charge in [-0.2, -0.15) is 0 Å². The minimum absolute atomic E-state index is 0.0600. The molecule has 0 aromatic heterocycles. The van der Waals surface area contributed by atoms with Crippen molar-refractivity contribution in [2.75, 3.05) is 19.6 Å². The molecule has 0 saturated heterocycles. The van der Waals surface area contributed by atoms with Gasteiger partial charge in [0.2, 0.25) is 0 Å². The SMILES string of the molecule is CC(C)CCN(CCC(=O)O)CC(C)C(=O)O. The van der Waals surface area contributed by atoms with Gasteiger partial charge in [0.25, 0.3) is 0 Å². The predicted octanol–water partition coefficient (Wildman–Crippen LogP) is 1.53. The summed E-state index contributed by atoms with van der Waals surface area (Å²) in [4.78, 5) is 23.2. The summed E-state index contributed by atoms with van der Waals surface area (Å²) in [5.41, 5.74) is 0. The van der Waals surface area contributed by atoms with E-state index in [4.69, 9.17) is 10.2 Å². The summed E-state index contributed by atoms with van der Waals surface area (Å²) in [6.45, 7) is 7.41. The highest BCUT2D eigenvalue weighted by Gasteiger charge is 2.16. The molecule has 1 unspecified atom stereocenters. The molecule has 0 saturated carbocycles. The second-order valence-electron chi connectivity index (χ2n) is 4.87. The van der Waals surface area contributed by atoms with Crippen LogP contribution in [0.3, 0.4) is 0 Å². The molecule has 0 fully saturated rings. The standard InChI is InChI=1S/C12H23NO4/c1-9(2)4-6-13(7-5-11(14)15)8-10(3)12(16)17/h9-10H,4-8H2,1-3H3,(H,14,15)(H,16,17). The summed E-state index contributed by atoms with van der Waals surface area (Å²) in [7, 11) is 0. The average molecular weight is 245 g/mol. The molecule has 0 heterocycles. The first-order valence-electron chi connectivity index (χ1n) is 5.99. The van der Waals surface area contributed by atoms with E-state index in [1.807, 2.05) is 4.90 Å². The van der Waals surface area contributed by atoms with Crippen LogP contribution in [0, 0.1) is 11.8 Å². The molecule has 0 spiro atoms. The molecule has 0 aromatic rings. The van der Waals surface area contributed by atoms with E-state index in [2.05, 4.69) is 13.8 Å². The Balaban J connectivity index is 4.18. The van der Waals surface area contributed by atoms with Crippen LogP contribution in [0.1, 0.15) is 33.6 Å². The number of carbonyl (C=O) groups is 2. The van der Waals surface area contributed by atoms with Crippen molar-refractivity contribution in [2.45, 2.75) is 33.6 Å². The molecule has 0 amide bonds. The molecule has 0 aliphatic carbocycles. The minimum atomic E-state index is -0.845. The molecule has 0 aliphatic rings. The third kappa shape index (κ3) is 8.68. The van der Waals surface area contributed by atoms with Crippen LogP contribution in [0.2, 0.25) is 0 Å². The molecule has 5 heteroatoms. The van der Waals surface area contributed by atoms with E-state index in [0.29, 0.717) is 19.0 Å². The summed E-state index contributed by atoms with van der Waals surface area (Å²) in [5, 5.41) is 17.5. The molecular formula is C12H23NO4. The van der Waals surface area contributed by atoms with Gasteiger partial charge in [0, 0.05) is 13.1 Å². The van der Waals surface area contributed by atoms with E-state index in [-0.39, 0.29) is 6.42 Å². The second-order valence-corrected chi connectivity index (χ2v) is 4.87. The Morgan fingerprint density at radius 1 is 1.12 bits per heavy atom. The van der Waals surface area contributed by atoms with Gasteiger partial charge < -0.3 is 15.1 Å². The van der Waals surface area contributed by atoms with E-state index < -0.39 is 17.9 Å². The van der Waals surface area contributed by atoms with Crippen LogP contribution in [0.4, 0.5) is 0 Å². The number of hydrogen-bond acceptors (Lipinski definition) is 3. The predicted molar refractivity (Wildman–Crippen MR) is 64.9 cm³/mol. The summed E-state index contributed by atoms with van der Waals surface area (Å²) < 4.78 is 0. The highest BCUT2D eigenvalue weighted by atomic mass is 16.4. The van der Waals surface area contributed by atoms with Gasteiger partial charge in [0.05, 0.1) is 12.3 Å². The first-order valence-corrected chi connectivity index (χ1v) is 5.99. The van der Waals surface area contributed by atoms with E-state index in [1.54, 1.807) is 6.92 Å². The molecule has 0 aliphatic heterocycles. The van der Waals surface area contributed by atoms with Crippen LogP contribution in [-0.2, 0) is 9.59 Å². The molecule has 0 radical (unpaired) electrons. The van der Waals surface area contributed by atoms with Gasteiger partial charge in [-0.15, -0.1) is 0 Å². The summed E-state index contributed by atoms with van der Waals surface area (Å²) in [6.07, 6.45) is 1.01. The van der Waals surface area contributed by atoms with Crippen LogP contribution in [0.15, 0.2) is 0 Å². The van der Waals surface area contributed by atoms with Gasteiger partial charge in [-0.05, 0) is 18.9 Å². The molecule has 2 N–H and O–H groups in total. The Morgan fingerprint density at radius 3 is 2.12 bits per heavy atom. The van der Waals surface area contributed by atoms with Crippen molar-refractivity contribution in [1.29, 1.82) is 0 Å². The maximum atomic E-state index is 10.8. The van der Waals surface area contributed by atoms with Crippen molar-refractivity contribution in [2.24, 2.45) is 11.8 Å². The van der Waals surface area contributed by atoms with Crippen molar-refractivity contribution >= 4 is 11.9 Å². The molecule has 0 rings (SSSR count). The molecule has 0 aromatic carbocycles. The van der Waals surface area contributed by atoms with E-state index in [9.17, 15) is 9.59 Å².